The monoisotopic (exact) mass is 262 g/mol. The van der Waals surface area contributed by atoms with Gasteiger partial charge in [-0.15, -0.1) is 0 Å². The lowest BCUT2D eigenvalue weighted by atomic mass is 10.1. The molecule has 0 spiro atoms. The molecule has 2 rings (SSSR count). The minimum Gasteiger partial charge on any atom is -0.481 e. The third-order valence-electron chi connectivity index (χ3n) is 3.06. The molecule has 6 heteroatoms. The van der Waals surface area contributed by atoms with Crippen LogP contribution in [0, 0.1) is 0 Å². The Bertz CT molecular complexity index is 541. The van der Waals surface area contributed by atoms with Crippen molar-refractivity contribution in [1.82, 2.24) is 4.90 Å². The Balaban J connectivity index is 2.34. The first kappa shape index (κ1) is 13.1. The molecule has 19 heavy (non-hydrogen) atoms. The number of likely N-dealkylation sites (N-methyl/N-ethyl adjacent to an activating group) is 1. The quantitative estimate of drug-likeness (QED) is 0.785. The number of amides is 2. The largest absolute Gasteiger partial charge is 0.481 e. The van der Waals surface area contributed by atoms with Crippen molar-refractivity contribution >= 4 is 23.5 Å². The highest BCUT2D eigenvalue weighted by Crippen LogP contribution is 2.23. The molecule has 1 aromatic carbocycles. The van der Waals surface area contributed by atoms with Gasteiger partial charge in [-0.1, -0.05) is 18.2 Å². The SMILES string of the molecule is CN1CCN(c2ccccc2CC(=O)O)C(=O)C1=O. The number of anilines is 1. The summed E-state index contributed by atoms with van der Waals surface area (Å²) in [5.74, 6) is -2.16. The van der Waals surface area contributed by atoms with Crippen molar-refractivity contribution in [2.75, 3.05) is 25.0 Å². The van der Waals surface area contributed by atoms with Gasteiger partial charge in [-0.25, -0.2) is 0 Å². The van der Waals surface area contributed by atoms with E-state index in [2.05, 4.69) is 0 Å². The first-order chi connectivity index (χ1) is 9.00. The number of carboxylic acid groups (broad SMARTS) is 1. The van der Waals surface area contributed by atoms with Crippen molar-refractivity contribution in [2.45, 2.75) is 6.42 Å². The van der Waals surface area contributed by atoms with Gasteiger partial charge in [0.15, 0.2) is 0 Å². The topological polar surface area (TPSA) is 77.9 Å². The van der Waals surface area contributed by atoms with Gasteiger partial charge in [-0.3, -0.25) is 14.4 Å². The predicted molar refractivity (Wildman–Crippen MR) is 67.8 cm³/mol. The zero-order valence-electron chi connectivity index (χ0n) is 10.5. The summed E-state index contributed by atoms with van der Waals surface area (Å²) in [7, 11) is 1.57. The standard InChI is InChI=1S/C13H14N2O4/c1-14-6-7-15(13(19)12(14)18)10-5-3-2-4-9(10)8-11(16)17/h2-5H,6-8H2,1H3,(H,16,17). The molecular weight excluding hydrogens is 248 g/mol. The third-order valence-corrected chi connectivity index (χ3v) is 3.06. The van der Waals surface area contributed by atoms with Gasteiger partial charge in [-0.05, 0) is 11.6 Å². The Kier molecular flexibility index (Phi) is 3.50. The van der Waals surface area contributed by atoms with E-state index in [1.165, 1.54) is 9.80 Å². The lowest BCUT2D eigenvalue weighted by Crippen LogP contribution is -2.53. The molecule has 1 aromatic rings. The molecule has 1 N–H and O–H groups in total. The average molecular weight is 262 g/mol. The van der Waals surface area contributed by atoms with Crippen LogP contribution in [0.15, 0.2) is 24.3 Å². The minimum absolute atomic E-state index is 0.177. The van der Waals surface area contributed by atoms with Crippen molar-refractivity contribution in [1.29, 1.82) is 0 Å². The van der Waals surface area contributed by atoms with Crippen LogP contribution >= 0.6 is 0 Å². The summed E-state index contributed by atoms with van der Waals surface area (Å²) in [6, 6.07) is 6.75. The van der Waals surface area contributed by atoms with E-state index in [0.29, 0.717) is 24.3 Å². The Morgan fingerprint density at radius 1 is 1.21 bits per heavy atom. The maximum atomic E-state index is 12.0. The summed E-state index contributed by atoms with van der Waals surface area (Å²) in [4.78, 5) is 37.2. The van der Waals surface area contributed by atoms with E-state index in [1.54, 1.807) is 31.3 Å². The molecule has 0 unspecified atom stereocenters. The Morgan fingerprint density at radius 3 is 2.58 bits per heavy atom. The zero-order chi connectivity index (χ0) is 14.0. The smallest absolute Gasteiger partial charge is 0.316 e. The number of benzene rings is 1. The maximum absolute atomic E-state index is 12.0. The van der Waals surface area contributed by atoms with Gasteiger partial charge in [0.25, 0.3) is 0 Å². The molecule has 1 fully saturated rings. The van der Waals surface area contributed by atoms with E-state index < -0.39 is 17.8 Å². The fraction of sp³-hybridized carbons (Fsp3) is 0.308. The molecule has 0 radical (unpaired) electrons. The number of carboxylic acids is 1. The second-order valence-electron chi connectivity index (χ2n) is 4.38. The average Bonchev–Trinajstić information content (AvgIpc) is 2.37. The molecule has 0 saturated carbocycles. The van der Waals surface area contributed by atoms with Gasteiger partial charge in [0.1, 0.15) is 0 Å². The van der Waals surface area contributed by atoms with Gasteiger partial charge < -0.3 is 14.9 Å². The number of hydrogen-bond acceptors (Lipinski definition) is 3. The second-order valence-corrected chi connectivity index (χ2v) is 4.38. The van der Waals surface area contributed by atoms with Crippen molar-refractivity contribution in [3.05, 3.63) is 29.8 Å². The molecule has 6 nitrogen and oxygen atoms in total. The number of rotatable bonds is 3. The number of para-hydroxylation sites is 1. The molecule has 0 atom stereocenters. The molecule has 2 amide bonds. The van der Waals surface area contributed by atoms with Crippen LogP contribution in [0.3, 0.4) is 0 Å². The van der Waals surface area contributed by atoms with Crippen molar-refractivity contribution in [2.24, 2.45) is 0 Å². The minimum atomic E-state index is -0.972. The Morgan fingerprint density at radius 2 is 1.89 bits per heavy atom. The third kappa shape index (κ3) is 2.57. The van der Waals surface area contributed by atoms with E-state index in [0.717, 1.165) is 0 Å². The van der Waals surface area contributed by atoms with Crippen LogP contribution in [0.1, 0.15) is 5.56 Å². The first-order valence-corrected chi connectivity index (χ1v) is 5.87. The van der Waals surface area contributed by atoms with Crippen molar-refractivity contribution in [3.8, 4) is 0 Å². The molecule has 0 aromatic heterocycles. The number of carbonyl (C=O) groups is 3. The molecule has 100 valence electrons. The number of carbonyl (C=O) groups excluding carboxylic acids is 2. The van der Waals surface area contributed by atoms with Crippen LogP contribution in [0.4, 0.5) is 5.69 Å². The summed E-state index contributed by atoms with van der Waals surface area (Å²) in [5, 5.41) is 8.87. The van der Waals surface area contributed by atoms with Crippen LogP contribution in [0.5, 0.6) is 0 Å². The fourth-order valence-corrected chi connectivity index (χ4v) is 2.05. The molecule has 1 heterocycles. The summed E-state index contributed by atoms with van der Waals surface area (Å²) >= 11 is 0. The molecule has 1 aliphatic rings. The highest BCUT2D eigenvalue weighted by Gasteiger charge is 2.32. The highest BCUT2D eigenvalue weighted by molar-refractivity contribution is 6.41. The van der Waals surface area contributed by atoms with Gasteiger partial charge in [-0.2, -0.15) is 0 Å². The lowest BCUT2D eigenvalue weighted by Gasteiger charge is -2.32. The molecular formula is C13H14N2O4. The number of aliphatic carboxylic acids is 1. The fourth-order valence-electron chi connectivity index (χ4n) is 2.05. The van der Waals surface area contributed by atoms with Crippen LogP contribution in [-0.4, -0.2) is 47.9 Å². The maximum Gasteiger partial charge on any atom is 0.316 e. The van der Waals surface area contributed by atoms with Crippen LogP contribution < -0.4 is 4.90 Å². The van der Waals surface area contributed by atoms with Crippen LogP contribution in [0.2, 0.25) is 0 Å². The van der Waals surface area contributed by atoms with Crippen molar-refractivity contribution in [3.63, 3.8) is 0 Å². The van der Waals surface area contributed by atoms with Gasteiger partial charge in [0.2, 0.25) is 0 Å². The van der Waals surface area contributed by atoms with Crippen LogP contribution in [-0.2, 0) is 20.8 Å². The highest BCUT2D eigenvalue weighted by atomic mass is 16.4. The summed E-state index contributed by atoms with van der Waals surface area (Å²) in [5.41, 5.74) is 1.03. The molecule has 1 aliphatic heterocycles. The van der Waals surface area contributed by atoms with Gasteiger partial charge >= 0.3 is 17.8 Å². The van der Waals surface area contributed by atoms with E-state index >= 15 is 0 Å². The number of hydrogen-bond donors (Lipinski definition) is 1. The van der Waals surface area contributed by atoms with E-state index in [9.17, 15) is 14.4 Å². The van der Waals surface area contributed by atoms with E-state index in [1.807, 2.05) is 0 Å². The Hall–Kier alpha value is -2.37. The zero-order valence-corrected chi connectivity index (χ0v) is 10.5. The molecule has 0 aliphatic carbocycles. The number of nitrogens with zero attached hydrogens (tertiary/aromatic N) is 2. The van der Waals surface area contributed by atoms with E-state index in [-0.39, 0.29) is 6.42 Å². The van der Waals surface area contributed by atoms with Gasteiger partial charge in [0, 0.05) is 25.8 Å². The van der Waals surface area contributed by atoms with Gasteiger partial charge in [0.05, 0.1) is 6.42 Å². The lowest BCUT2D eigenvalue weighted by molar-refractivity contribution is -0.145. The Labute approximate surface area is 110 Å². The normalized spacial score (nSPS) is 15.8. The van der Waals surface area contributed by atoms with Crippen molar-refractivity contribution < 1.29 is 19.5 Å². The predicted octanol–water partition coefficient (Wildman–Crippen LogP) is 0.119. The number of piperazine rings is 1. The summed E-state index contributed by atoms with van der Waals surface area (Å²) in [6.07, 6.45) is -0.177. The molecule has 1 saturated heterocycles. The summed E-state index contributed by atoms with van der Waals surface area (Å²) < 4.78 is 0. The summed E-state index contributed by atoms with van der Waals surface area (Å²) in [6.45, 7) is 0.809. The second kappa shape index (κ2) is 5.09. The van der Waals surface area contributed by atoms with Crippen LogP contribution in [0.25, 0.3) is 0 Å². The molecule has 0 bridgehead atoms. The first-order valence-electron chi connectivity index (χ1n) is 5.87. The van der Waals surface area contributed by atoms with E-state index in [4.69, 9.17) is 5.11 Å².